The van der Waals surface area contributed by atoms with Crippen LogP contribution in [0.3, 0.4) is 0 Å². The fraction of sp³-hybridized carbons (Fsp3) is 0.188. The van der Waals surface area contributed by atoms with Crippen LogP contribution in [0.4, 0.5) is 5.69 Å². The maximum absolute atomic E-state index is 8.88. The fourth-order valence-electron chi connectivity index (χ4n) is 2.01. The average molecular weight is 350 g/mol. The number of benzene rings is 2. The van der Waals surface area contributed by atoms with Gasteiger partial charge in [0, 0.05) is 10.2 Å². The third-order valence-electron chi connectivity index (χ3n) is 3.11. The Hall–Kier alpha value is -1.50. The molecule has 0 aliphatic rings. The maximum atomic E-state index is 8.88. The summed E-state index contributed by atoms with van der Waals surface area (Å²) in [7, 11) is 0. The summed E-state index contributed by atoms with van der Waals surface area (Å²) in [6.07, 6.45) is 0.958. The molecule has 0 aliphatic carbocycles. The highest BCUT2D eigenvalue weighted by atomic mass is 79.9. The third kappa shape index (κ3) is 3.53. The average Bonchev–Trinajstić information content (AvgIpc) is 2.46. The summed E-state index contributed by atoms with van der Waals surface area (Å²) < 4.78 is 1.07. The van der Waals surface area contributed by atoms with E-state index in [0.717, 1.165) is 16.6 Å². The fourth-order valence-corrected chi connectivity index (χ4v) is 2.50. The predicted octanol–water partition coefficient (Wildman–Crippen LogP) is 5.54. The van der Waals surface area contributed by atoms with E-state index in [9.17, 15) is 0 Å². The van der Waals surface area contributed by atoms with Crippen LogP contribution in [0.2, 0.25) is 5.02 Å². The molecule has 2 rings (SSSR count). The van der Waals surface area contributed by atoms with Gasteiger partial charge in [0.1, 0.15) is 6.07 Å². The van der Waals surface area contributed by atoms with E-state index in [1.165, 1.54) is 5.56 Å². The lowest BCUT2D eigenvalue weighted by molar-refractivity contribution is 0.749. The predicted molar refractivity (Wildman–Crippen MR) is 87.0 cm³/mol. The van der Waals surface area contributed by atoms with E-state index < -0.39 is 0 Å². The Labute approximate surface area is 132 Å². The molecule has 0 aliphatic heterocycles. The monoisotopic (exact) mass is 348 g/mol. The highest BCUT2D eigenvalue weighted by Gasteiger charge is 2.10. The standard InChI is InChI=1S/C16H14BrClN2/c1-2-16(11-3-6-13(17)7-4-11)20-14-8-5-12(10-19)15(18)9-14/h3-9,16,20H,2H2,1H3. The number of hydrogen-bond acceptors (Lipinski definition) is 2. The molecule has 0 spiro atoms. The number of hydrogen-bond donors (Lipinski definition) is 1. The molecule has 1 N–H and O–H groups in total. The molecule has 1 atom stereocenters. The van der Waals surface area contributed by atoms with Crippen molar-refractivity contribution in [1.29, 1.82) is 5.26 Å². The van der Waals surface area contributed by atoms with E-state index in [4.69, 9.17) is 16.9 Å². The van der Waals surface area contributed by atoms with E-state index in [2.05, 4.69) is 46.4 Å². The van der Waals surface area contributed by atoms with Crippen LogP contribution in [0.5, 0.6) is 0 Å². The van der Waals surface area contributed by atoms with Crippen molar-refractivity contribution in [1.82, 2.24) is 0 Å². The van der Waals surface area contributed by atoms with Crippen LogP contribution in [0.15, 0.2) is 46.9 Å². The largest absolute Gasteiger partial charge is 0.378 e. The van der Waals surface area contributed by atoms with Gasteiger partial charge in [-0.3, -0.25) is 0 Å². The van der Waals surface area contributed by atoms with Crippen molar-refractivity contribution >= 4 is 33.2 Å². The molecule has 4 heteroatoms. The summed E-state index contributed by atoms with van der Waals surface area (Å²) >= 11 is 9.49. The number of nitrogens with one attached hydrogen (secondary N) is 1. The minimum absolute atomic E-state index is 0.215. The number of nitrogens with zero attached hydrogens (tertiary/aromatic N) is 1. The molecule has 0 radical (unpaired) electrons. The number of halogens is 2. The molecule has 0 saturated carbocycles. The van der Waals surface area contributed by atoms with Gasteiger partial charge in [-0.15, -0.1) is 0 Å². The summed E-state index contributed by atoms with van der Waals surface area (Å²) in [5.74, 6) is 0. The van der Waals surface area contributed by atoms with Crippen LogP contribution in [-0.4, -0.2) is 0 Å². The zero-order chi connectivity index (χ0) is 14.5. The molecule has 2 aromatic rings. The van der Waals surface area contributed by atoms with Crippen LogP contribution < -0.4 is 5.32 Å². The van der Waals surface area contributed by atoms with Gasteiger partial charge in [-0.2, -0.15) is 5.26 Å². The molecule has 1 unspecified atom stereocenters. The van der Waals surface area contributed by atoms with Gasteiger partial charge in [-0.25, -0.2) is 0 Å². The highest BCUT2D eigenvalue weighted by Crippen LogP contribution is 2.26. The van der Waals surface area contributed by atoms with E-state index in [0.29, 0.717) is 10.6 Å². The van der Waals surface area contributed by atoms with Gasteiger partial charge >= 0.3 is 0 Å². The van der Waals surface area contributed by atoms with Crippen molar-refractivity contribution in [3.8, 4) is 6.07 Å². The minimum atomic E-state index is 0.215. The summed E-state index contributed by atoms with van der Waals surface area (Å²) in [5, 5.41) is 12.8. The summed E-state index contributed by atoms with van der Waals surface area (Å²) in [5.41, 5.74) is 2.63. The van der Waals surface area contributed by atoms with Crippen molar-refractivity contribution in [2.24, 2.45) is 0 Å². The SMILES string of the molecule is CCC(Nc1ccc(C#N)c(Cl)c1)c1ccc(Br)cc1. The third-order valence-corrected chi connectivity index (χ3v) is 3.95. The van der Waals surface area contributed by atoms with Gasteiger partial charge in [0.05, 0.1) is 16.6 Å². The van der Waals surface area contributed by atoms with E-state index in [-0.39, 0.29) is 6.04 Å². The molecule has 2 nitrogen and oxygen atoms in total. The van der Waals surface area contributed by atoms with Crippen LogP contribution in [0.1, 0.15) is 30.5 Å². The van der Waals surface area contributed by atoms with E-state index >= 15 is 0 Å². The summed E-state index contributed by atoms with van der Waals surface area (Å²) in [4.78, 5) is 0. The molecule has 20 heavy (non-hydrogen) atoms. The molecule has 2 aromatic carbocycles. The topological polar surface area (TPSA) is 35.8 Å². The zero-order valence-corrected chi connectivity index (χ0v) is 13.4. The Morgan fingerprint density at radius 1 is 1.25 bits per heavy atom. The van der Waals surface area contributed by atoms with E-state index in [1.54, 1.807) is 12.1 Å². The second kappa shape index (κ2) is 6.78. The first-order valence-electron chi connectivity index (χ1n) is 6.35. The summed E-state index contributed by atoms with van der Waals surface area (Å²) in [6.45, 7) is 2.13. The quantitative estimate of drug-likeness (QED) is 0.787. The number of nitriles is 1. The van der Waals surface area contributed by atoms with Gasteiger partial charge in [-0.05, 0) is 42.3 Å². The van der Waals surface area contributed by atoms with E-state index in [1.807, 2.05) is 18.2 Å². The Balaban J connectivity index is 2.20. The molecule has 0 saturated heterocycles. The Kier molecular flexibility index (Phi) is 5.05. The van der Waals surface area contributed by atoms with Crippen molar-refractivity contribution in [3.63, 3.8) is 0 Å². The molecule has 0 heterocycles. The van der Waals surface area contributed by atoms with Crippen LogP contribution in [0.25, 0.3) is 0 Å². The minimum Gasteiger partial charge on any atom is -0.378 e. The molecule has 0 fully saturated rings. The molecular weight excluding hydrogens is 336 g/mol. The molecule has 102 valence electrons. The van der Waals surface area contributed by atoms with Gasteiger partial charge in [-0.1, -0.05) is 46.6 Å². The first-order chi connectivity index (χ1) is 9.63. The Morgan fingerprint density at radius 2 is 1.95 bits per heavy atom. The van der Waals surface area contributed by atoms with Crippen molar-refractivity contribution in [2.45, 2.75) is 19.4 Å². The first-order valence-corrected chi connectivity index (χ1v) is 7.52. The number of anilines is 1. The lowest BCUT2D eigenvalue weighted by atomic mass is 10.0. The lowest BCUT2D eigenvalue weighted by Gasteiger charge is -2.19. The molecule has 0 amide bonds. The molecule has 0 aromatic heterocycles. The van der Waals surface area contributed by atoms with Crippen molar-refractivity contribution in [3.05, 3.63) is 63.1 Å². The normalized spacial score (nSPS) is 11.7. The smallest absolute Gasteiger partial charge is 0.101 e. The van der Waals surface area contributed by atoms with Gasteiger partial charge in [0.15, 0.2) is 0 Å². The van der Waals surface area contributed by atoms with Gasteiger partial charge in [0.25, 0.3) is 0 Å². The second-order valence-corrected chi connectivity index (χ2v) is 5.79. The first kappa shape index (κ1) is 14.9. The van der Waals surface area contributed by atoms with Crippen molar-refractivity contribution < 1.29 is 0 Å². The zero-order valence-electron chi connectivity index (χ0n) is 11.0. The maximum Gasteiger partial charge on any atom is 0.101 e. The van der Waals surface area contributed by atoms with Crippen LogP contribution >= 0.6 is 27.5 Å². The van der Waals surface area contributed by atoms with Crippen LogP contribution in [0, 0.1) is 11.3 Å². The lowest BCUT2D eigenvalue weighted by Crippen LogP contribution is -2.09. The molecular formula is C16H14BrClN2. The van der Waals surface area contributed by atoms with Gasteiger partial charge in [0.2, 0.25) is 0 Å². The molecule has 0 bridgehead atoms. The van der Waals surface area contributed by atoms with Gasteiger partial charge < -0.3 is 5.32 Å². The second-order valence-electron chi connectivity index (χ2n) is 4.46. The summed E-state index contributed by atoms with van der Waals surface area (Å²) in [6, 6.07) is 15.9. The Morgan fingerprint density at radius 3 is 2.50 bits per heavy atom. The Bertz CT molecular complexity index is 632. The highest BCUT2D eigenvalue weighted by molar-refractivity contribution is 9.10. The van der Waals surface area contributed by atoms with Crippen molar-refractivity contribution in [2.75, 3.05) is 5.32 Å². The number of rotatable bonds is 4. The van der Waals surface area contributed by atoms with Crippen LogP contribution in [-0.2, 0) is 0 Å².